The van der Waals surface area contributed by atoms with E-state index in [2.05, 4.69) is 6.92 Å². The van der Waals surface area contributed by atoms with Gasteiger partial charge in [0.15, 0.2) is 0 Å². The van der Waals surface area contributed by atoms with Crippen LogP contribution < -0.4 is 0 Å². The summed E-state index contributed by atoms with van der Waals surface area (Å²) in [6.45, 7) is 1.91. The lowest BCUT2D eigenvalue weighted by Gasteiger charge is -2.05. The van der Waals surface area contributed by atoms with E-state index in [1.165, 1.54) is 12.1 Å². The minimum atomic E-state index is -0.451. The second-order valence-electron chi connectivity index (χ2n) is 3.06. The molecule has 1 aromatic rings. The summed E-state index contributed by atoms with van der Waals surface area (Å²) in [5.74, 6) is 0.949. The largest absolute Gasteiger partial charge is 0.392 e. The van der Waals surface area contributed by atoms with E-state index >= 15 is 0 Å². The molecule has 0 spiro atoms. The number of aliphatic hydroxyl groups is 1. The summed E-state index contributed by atoms with van der Waals surface area (Å²) < 4.78 is 0. The van der Waals surface area contributed by atoms with E-state index in [1.54, 1.807) is 17.8 Å². The molecular weight excluding hydrogens is 214 g/mol. The summed E-state index contributed by atoms with van der Waals surface area (Å²) >= 11 is 1.61. The monoisotopic (exact) mass is 227 g/mol. The molecule has 0 atom stereocenters. The molecule has 0 bridgehead atoms. The SMILES string of the molecule is CCCSc1ccc([N+](=O)[O-])cc1CO. The minimum absolute atomic E-state index is 0.0277. The predicted octanol–water partition coefficient (Wildman–Crippen LogP) is 2.59. The van der Waals surface area contributed by atoms with Crippen LogP contribution in [0.15, 0.2) is 23.1 Å². The number of hydrogen-bond acceptors (Lipinski definition) is 4. The molecule has 5 heteroatoms. The lowest BCUT2D eigenvalue weighted by molar-refractivity contribution is -0.385. The maximum absolute atomic E-state index is 10.5. The number of hydrogen-bond donors (Lipinski definition) is 1. The number of thioether (sulfide) groups is 1. The Morgan fingerprint density at radius 3 is 2.80 bits per heavy atom. The van der Waals surface area contributed by atoms with Crippen LogP contribution in [0.4, 0.5) is 5.69 Å². The van der Waals surface area contributed by atoms with E-state index in [4.69, 9.17) is 5.11 Å². The number of nitro groups is 1. The van der Waals surface area contributed by atoms with Crippen LogP contribution in [0.3, 0.4) is 0 Å². The Hall–Kier alpha value is -1.07. The molecule has 0 fully saturated rings. The average molecular weight is 227 g/mol. The highest BCUT2D eigenvalue weighted by molar-refractivity contribution is 7.99. The molecule has 0 heterocycles. The zero-order valence-electron chi connectivity index (χ0n) is 8.47. The molecule has 0 saturated carbocycles. The summed E-state index contributed by atoms with van der Waals surface area (Å²) in [7, 11) is 0. The van der Waals surface area contributed by atoms with Crippen molar-refractivity contribution in [2.75, 3.05) is 5.75 Å². The molecule has 4 nitrogen and oxygen atoms in total. The van der Waals surface area contributed by atoms with Crippen molar-refractivity contribution < 1.29 is 10.0 Å². The van der Waals surface area contributed by atoms with E-state index in [0.717, 1.165) is 17.1 Å². The van der Waals surface area contributed by atoms with Crippen LogP contribution in [-0.2, 0) is 6.61 Å². The Morgan fingerprint density at radius 1 is 1.53 bits per heavy atom. The van der Waals surface area contributed by atoms with Crippen LogP contribution in [0.5, 0.6) is 0 Å². The van der Waals surface area contributed by atoms with Gasteiger partial charge in [-0.2, -0.15) is 0 Å². The molecule has 0 aliphatic carbocycles. The normalized spacial score (nSPS) is 10.3. The number of rotatable bonds is 5. The van der Waals surface area contributed by atoms with Crippen LogP contribution in [0.1, 0.15) is 18.9 Å². The molecular formula is C10H13NO3S. The molecule has 0 radical (unpaired) electrons. The summed E-state index contributed by atoms with van der Waals surface area (Å²) in [6, 6.07) is 4.60. The van der Waals surface area contributed by atoms with Gasteiger partial charge >= 0.3 is 0 Å². The molecule has 1 aromatic carbocycles. The van der Waals surface area contributed by atoms with Gasteiger partial charge in [-0.1, -0.05) is 6.92 Å². The second kappa shape index (κ2) is 5.72. The molecule has 1 N–H and O–H groups in total. The average Bonchev–Trinajstić information content (AvgIpc) is 2.25. The fourth-order valence-corrected chi connectivity index (χ4v) is 2.05. The first kappa shape index (κ1) is 12.0. The number of aliphatic hydroxyl groups excluding tert-OH is 1. The highest BCUT2D eigenvalue weighted by Gasteiger charge is 2.09. The third-order valence-electron chi connectivity index (χ3n) is 1.89. The molecule has 0 amide bonds. The Bertz CT molecular complexity index is 355. The zero-order valence-corrected chi connectivity index (χ0v) is 9.29. The molecule has 0 saturated heterocycles. The maximum Gasteiger partial charge on any atom is 0.269 e. The summed E-state index contributed by atoms with van der Waals surface area (Å²) in [6.07, 6.45) is 1.03. The first-order valence-corrected chi connectivity index (χ1v) is 5.68. The Morgan fingerprint density at radius 2 is 2.27 bits per heavy atom. The van der Waals surface area contributed by atoms with Crippen molar-refractivity contribution in [2.24, 2.45) is 0 Å². The van der Waals surface area contributed by atoms with Crippen LogP contribution >= 0.6 is 11.8 Å². The van der Waals surface area contributed by atoms with E-state index < -0.39 is 4.92 Å². The molecule has 1 rings (SSSR count). The maximum atomic E-state index is 10.5. The molecule has 0 aliphatic rings. The quantitative estimate of drug-likeness (QED) is 0.477. The van der Waals surface area contributed by atoms with Crippen molar-refractivity contribution in [3.8, 4) is 0 Å². The minimum Gasteiger partial charge on any atom is -0.392 e. The summed E-state index contributed by atoms with van der Waals surface area (Å²) in [5.41, 5.74) is 0.655. The third-order valence-corrected chi connectivity index (χ3v) is 3.21. The van der Waals surface area contributed by atoms with Crippen molar-refractivity contribution in [3.05, 3.63) is 33.9 Å². The smallest absolute Gasteiger partial charge is 0.269 e. The number of non-ortho nitro benzene ring substituents is 1. The summed E-state index contributed by atoms with van der Waals surface area (Å²) in [4.78, 5) is 11.0. The topological polar surface area (TPSA) is 63.4 Å². The van der Waals surface area contributed by atoms with Crippen molar-refractivity contribution in [1.82, 2.24) is 0 Å². The first-order valence-electron chi connectivity index (χ1n) is 4.70. The Labute approximate surface area is 92.5 Å². The van der Waals surface area contributed by atoms with Gasteiger partial charge in [-0.3, -0.25) is 10.1 Å². The Kier molecular flexibility index (Phi) is 4.58. The van der Waals surface area contributed by atoms with Gasteiger partial charge < -0.3 is 5.11 Å². The van der Waals surface area contributed by atoms with Crippen molar-refractivity contribution in [3.63, 3.8) is 0 Å². The second-order valence-corrected chi connectivity index (χ2v) is 4.19. The van der Waals surface area contributed by atoms with Gasteiger partial charge in [0, 0.05) is 17.0 Å². The van der Waals surface area contributed by atoms with Crippen molar-refractivity contribution in [2.45, 2.75) is 24.8 Å². The van der Waals surface area contributed by atoms with Gasteiger partial charge in [0.05, 0.1) is 11.5 Å². The Balaban J connectivity index is 2.93. The van der Waals surface area contributed by atoms with Gasteiger partial charge in [-0.15, -0.1) is 11.8 Å². The van der Waals surface area contributed by atoms with E-state index in [9.17, 15) is 10.1 Å². The number of nitro benzene ring substituents is 1. The number of benzene rings is 1. The van der Waals surface area contributed by atoms with Crippen molar-refractivity contribution in [1.29, 1.82) is 0 Å². The molecule has 15 heavy (non-hydrogen) atoms. The van der Waals surface area contributed by atoms with Crippen LogP contribution in [0.2, 0.25) is 0 Å². The fraction of sp³-hybridized carbons (Fsp3) is 0.400. The zero-order chi connectivity index (χ0) is 11.3. The van der Waals surface area contributed by atoms with E-state index in [-0.39, 0.29) is 12.3 Å². The van der Waals surface area contributed by atoms with Gasteiger partial charge in [0.2, 0.25) is 0 Å². The van der Waals surface area contributed by atoms with Crippen LogP contribution in [-0.4, -0.2) is 15.8 Å². The van der Waals surface area contributed by atoms with E-state index in [0.29, 0.717) is 5.56 Å². The molecule has 0 aliphatic heterocycles. The van der Waals surface area contributed by atoms with Crippen molar-refractivity contribution >= 4 is 17.4 Å². The van der Waals surface area contributed by atoms with Crippen LogP contribution in [0, 0.1) is 10.1 Å². The van der Waals surface area contributed by atoms with Gasteiger partial charge in [0.25, 0.3) is 5.69 Å². The predicted molar refractivity (Wildman–Crippen MR) is 60.0 cm³/mol. The first-order chi connectivity index (χ1) is 7.19. The highest BCUT2D eigenvalue weighted by Crippen LogP contribution is 2.27. The number of nitrogens with zero attached hydrogens (tertiary/aromatic N) is 1. The third kappa shape index (κ3) is 3.21. The van der Waals surface area contributed by atoms with Crippen LogP contribution in [0.25, 0.3) is 0 Å². The van der Waals surface area contributed by atoms with Gasteiger partial charge in [-0.25, -0.2) is 0 Å². The lowest BCUT2D eigenvalue weighted by Crippen LogP contribution is -1.93. The molecule has 0 aromatic heterocycles. The standard InChI is InChI=1S/C10H13NO3S/c1-2-5-15-10-4-3-9(11(13)14)6-8(10)7-12/h3-4,6,12H,2,5,7H2,1H3. The van der Waals surface area contributed by atoms with E-state index in [1.807, 2.05) is 0 Å². The van der Waals surface area contributed by atoms with Gasteiger partial charge in [0.1, 0.15) is 0 Å². The fourth-order valence-electron chi connectivity index (χ4n) is 1.16. The van der Waals surface area contributed by atoms with Gasteiger partial charge in [-0.05, 0) is 23.8 Å². The lowest BCUT2D eigenvalue weighted by atomic mass is 10.2. The molecule has 0 unspecified atom stereocenters. The highest BCUT2D eigenvalue weighted by atomic mass is 32.2. The summed E-state index contributed by atoms with van der Waals surface area (Å²) in [5, 5.41) is 19.6. The molecule has 82 valence electrons.